The number of halogens is 2. The van der Waals surface area contributed by atoms with Crippen molar-refractivity contribution in [3.63, 3.8) is 0 Å². The average Bonchev–Trinajstić information content (AvgIpc) is 2.49. The second-order valence-corrected chi connectivity index (χ2v) is 5.18. The van der Waals surface area contributed by atoms with Crippen LogP contribution in [0.2, 0.25) is 10.0 Å². The molecule has 2 rings (SSSR count). The molecule has 4 nitrogen and oxygen atoms in total. The summed E-state index contributed by atoms with van der Waals surface area (Å²) in [6.45, 7) is 0. The third kappa shape index (κ3) is 4.19. The molecule has 1 amide bonds. The highest BCUT2D eigenvalue weighted by Gasteiger charge is 2.19. The highest BCUT2D eigenvalue weighted by molar-refractivity contribution is 6.42. The number of carbonyl (C=O) groups excluding carboxylic acids is 1. The molecule has 0 fully saturated rings. The van der Waals surface area contributed by atoms with Crippen molar-refractivity contribution in [2.45, 2.75) is 6.42 Å². The zero-order chi connectivity index (χ0) is 15.2. The monoisotopic (exact) mass is 319 g/mol. The highest BCUT2D eigenvalue weighted by atomic mass is 35.5. The number of benzene rings is 1. The lowest BCUT2D eigenvalue weighted by atomic mass is 10.0. The van der Waals surface area contributed by atoms with E-state index in [0.29, 0.717) is 22.2 Å². The SMILES string of the molecule is N#C[C@@H](Cc1cccnc1)C(=O)Nc1ccc(Cl)c(Cl)c1. The second kappa shape index (κ2) is 7.07. The van der Waals surface area contributed by atoms with Gasteiger partial charge in [-0.3, -0.25) is 9.78 Å². The van der Waals surface area contributed by atoms with Gasteiger partial charge in [0.15, 0.2) is 0 Å². The van der Waals surface area contributed by atoms with Crippen LogP contribution < -0.4 is 5.32 Å². The van der Waals surface area contributed by atoms with Gasteiger partial charge >= 0.3 is 0 Å². The van der Waals surface area contributed by atoms with Crippen molar-refractivity contribution in [3.8, 4) is 6.07 Å². The van der Waals surface area contributed by atoms with E-state index in [9.17, 15) is 4.79 Å². The van der Waals surface area contributed by atoms with Crippen LogP contribution in [0.3, 0.4) is 0 Å². The van der Waals surface area contributed by atoms with Gasteiger partial charge in [-0.15, -0.1) is 0 Å². The summed E-state index contributed by atoms with van der Waals surface area (Å²) in [5, 5.41) is 12.6. The minimum Gasteiger partial charge on any atom is -0.325 e. The molecular formula is C15H11Cl2N3O. The maximum atomic E-state index is 12.1. The Labute approximate surface area is 132 Å². The molecule has 2 aromatic rings. The Hall–Kier alpha value is -2.09. The van der Waals surface area contributed by atoms with E-state index in [4.69, 9.17) is 28.5 Å². The molecule has 0 unspecified atom stereocenters. The van der Waals surface area contributed by atoms with E-state index < -0.39 is 5.92 Å². The molecule has 0 aliphatic carbocycles. The van der Waals surface area contributed by atoms with Crippen LogP contribution in [0.25, 0.3) is 0 Å². The van der Waals surface area contributed by atoms with Gasteiger partial charge in [-0.05, 0) is 36.2 Å². The van der Waals surface area contributed by atoms with Crippen LogP contribution in [0.1, 0.15) is 5.56 Å². The fraction of sp³-hybridized carbons (Fsp3) is 0.133. The first-order valence-electron chi connectivity index (χ1n) is 6.14. The van der Waals surface area contributed by atoms with Crippen molar-refractivity contribution in [1.29, 1.82) is 5.26 Å². The number of hydrogen-bond donors (Lipinski definition) is 1. The van der Waals surface area contributed by atoms with Crippen LogP contribution in [-0.4, -0.2) is 10.9 Å². The number of amides is 1. The Kier molecular flexibility index (Phi) is 5.15. The third-order valence-corrected chi connectivity index (χ3v) is 3.56. The van der Waals surface area contributed by atoms with Crippen LogP contribution in [-0.2, 0) is 11.2 Å². The van der Waals surface area contributed by atoms with Gasteiger partial charge in [-0.1, -0.05) is 29.3 Å². The Morgan fingerprint density at radius 1 is 1.33 bits per heavy atom. The number of carbonyl (C=O) groups is 1. The zero-order valence-corrected chi connectivity index (χ0v) is 12.4. The van der Waals surface area contributed by atoms with Crippen LogP contribution >= 0.6 is 23.2 Å². The molecule has 0 radical (unpaired) electrons. The number of hydrogen-bond acceptors (Lipinski definition) is 3. The number of nitriles is 1. The van der Waals surface area contributed by atoms with Crippen LogP contribution in [0, 0.1) is 17.2 Å². The van der Waals surface area contributed by atoms with Gasteiger partial charge in [-0.2, -0.15) is 5.26 Å². The predicted octanol–water partition coefficient (Wildman–Crippen LogP) is 3.71. The van der Waals surface area contributed by atoms with Gasteiger partial charge < -0.3 is 5.32 Å². The molecule has 0 spiro atoms. The molecular weight excluding hydrogens is 309 g/mol. The van der Waals surface area contributed by atoms with E-state index in [2.05, 4.69) is 10.3 Å². The van der Waals surface area contributed by atoms with E-state index in [0.717, 1.165) is 5.56 Å². The molecule has 21 heavy (non-hydrogen) atoms. The lowest BCUT2D eigenvalue weighted by molar-refractivity contribution is -0.118. The van der Waals surface area contributed by atoms with Gasteiger partial charge in [0, 0.05) is 18.1 Å². The third-order valence-electron chi connectivity index (χ3n) is 2.82. The highest BCUT2D eigenvalue weighted by Crippen LogP contribution is 2.25. The number of rotatable bonds is 4. The molecule has 0 aliphatic heterocycles. The van der Waals surface area contributed by atoms with Crippen molar-refractivity contribution in [3.05, 3.63) is 58.3 Å². The second-order valence-electron chi connectivity index (χ2n) is 4.37. The van der Waals surface area contributed by atoms with E-state index >= 15 is 0 Å². The number of pyridine rings is 1. The maximum Gasteiger partial charge on any atom is 0.242 e. The standard InChI is InChI=1S/C15H11Cl2N3O/c16-13-4-3-12(7-14(13)17)20-15(21)11(8-18)6-10-2-1-5-19-9-10/h1-5,7,9,11H,6H2,(H,20,21)/t11-/m1/s1. The van der Waals surface area contributed by atoms with E-state index in [1.807, 2.05) is 12.1 Å². The smallest absolute Gasteiger partial charge is 0.242 e. The minimum absolute atomic E-state index is 0.303. The normalized spacial score (nSPS) is 11.5. The predicted molar refractivity (Wildman–Crippen MR) is 82.1 cm³/mol. The topological polar surface area (TPSA) is 65.8 Å². The van der Waals surface area contributed by atoms with Crippen LogP contribution in [0.15, 0.2) is 42.7 Å². The molecule has 0 aliphatic rings. The lowest BCUT2D eigenvalue weighted by Gasteiger charge is -2.10. The summed E-state index contributed by atoms with van der Waals surface area (Å²) in [5.41, 5.74) is 1.33. The Morgan fingerprint density at radius 3 is 2.76 bits per heavy atom. The van der Waals surface area contributed by atoms with Gasteiger partial charge in [-0.25, -0.2) is 0 Å². The fourth-order valence-electron chi connectivity index (χ4n) is 1.75. The van der Waals surface area contributed by atoms with Crippen molar-refractivity contribution >= 4 is 34.8 Å². The Balaban J connectivity index is 2.07. The molecule has 1 N–H and O–H groups in total. The van der Waals surface area contributed by atoms with E-state index in [1.54, 1.807) is 36.7 Å². The summed E-state index contributed by atoms with van der Waals surface area (Å²) in [6, 6.07) is 10.3. The van der Waals surface area contributed by atoms with Crippen LogP contribution in [0.4, 0.5) is 5.69 Å². The molecule has 1 heterocycles. The largest absolute Gasteiger partial charge is 0.325 e. The van der Waals surface area contributed by atoms with Crippen molar-refractivity contribution in [1.82, 2.24) is 4.98 Å². The summed E-state index contributed by atoms with van der Waals surface area (Å²) in [4.78, 5) is 16.1. The number of nitrogens with zero attached hydrogens (tertiary/aromatic N) is 2. The summed E-state index contributed by atoms with van der Waals surface area (Å²) in [7, 11) is 0. The number of anilines is 1. The molecule has 0 saturated heterocycles. The molecule has 0 bridgehead atoms. The summed E-state index contributed by atoms with van der Waals surface area (Å²) < 4.78 is 0. The first-order chi connectivity index (χ1) is 10.1. The summed E-state index contributed by atoms with van der Waals surface area (Å²) in [5.74, 6) is -1.19. The number of aromatic nitrogens is 1. The maximum absolute atomic E-state index is 12.1. The van der Waals surface area contributed by atoms with Gasteiger partial charge in [0.1, 0.15) is 5.92 Å². The van der Waals surface area contributed by atoms with Crippen LogP contribution in [0.5, 0.6) is 0 Å². The van der Waals surface area contributed by atoms with Gasteiger partial charge in [0.05, 0.1) is 16.1 Å². The lowest BCUT2D eigenvalue weighted by Crippen LogP contribution is -2.23. The molecule has 1 aromatic carbocycles. The average molecular weight is 320 g/mol. The number of nitrogens with one attached hydrogen (secondary N) is 1. The van der Waals surface area contributed by atoms with Gasteiger partial charge in [0.25, 0.3) is 0 Å². The molecule has 1 aromatic heterocycles. The van der Waals surface area contributed by atoms with Gasteiger partial charge in [0.2, 0.25) is 5.91 Å². The first-order valence-corrected chi connectivity index (χ1v) is 6.90. The first kappa shape index (κ1) is 15.3. The quantitative estimate of drug-likeness (QED) is 0.934. The molecule has 6 heteroatoms. The molecule has 0 saturated carbocycles. The molecule has 106 valence electrons. The van der Waals surface area contributed by atoms with E-state index in [-0.39, 0.29) is 5.91 Å². The van der Waals surface area contributed by atoms with E-state index in [1.165, 1.54) is 0 Å². The van der Waals surface area contributed by atoms with Crippen molar-refractivity contribution < 1.29 is 4.79 Å². The van der Waals surface area contributed by atoms with Crippen molar-refractivity contribution in [2.75, 3.05) is 5.32 Å². The minimum atomic E-state index is -0.802. The Morgan fingerprint density at radius 2 is 2.14 bits per heavy atom. The van der Waals surface area contributed by atoms with Crippen molar-refractivity contribution in [2.24, 2.45) is 5.92 Å². The summed E-state index contributed by atoms with van der Waals surface area (Å²) in [6.07, 6.45) is 3.58. The summed E-state index contributed by atoms with van der Waals surface area (Å²) >= 11 is 11.7. The Bertz CT molecular complexity index is 683. The zero-order valence-electron chi connectivity index (χ0n) is 10.9. The molecule has 1 atom stereocenters. The fourth-order valence-corrected chi connectivity index (χ4v) is 2.05.